The molecule has 1 aliphatic heterocycles. The predicted molar refractivity (Wildman–Crippen MR) is 96.3 cm³/mol. The number of hydrogen-bond acceptors (Lipinski definition) is 4. The lowest BCUT2D eigenvalue weighted by molar-refractivity contribution is 0.0763. The van der Waals surface area contributed by atoms with E-state index >= 15 is 0 Å². The van der Waals surface area contributed by atoms with E-state index in [1.54, 1.807) is 0 Å². The van der Waals surface area contributed by atoms with Crippen molar-refractivity contribution in [3.63, 3.8) is 0 Å². The minimum atomic E-state index is 0.0535. The van der Waals surface area contributed by atoms with Gasteiger partial charge in [-0.1, -0.05) is 48.3 Å². The van der Waals surface area contributed by atoms with Gasteiger partial charge in [-0.25, -0.2) is 4.98 Å². The van der Waals surface area contributed by atoms with Gasteiger partial charge in [-0.05, 0) is 25.8 Å². The molecular weight excluding hydrogens is 314 g/mol. The average molecular weight is 335 g/mol. The lowest BCUT2D eigenvalue weighted by Gasteiger charge is -2.21. The lowest BCUT2D eigenvalue weighted by Crippen LogP contribution is -2.32. The van der Waals surface area contributed by atoms with Crippen LogP contribution in [0.2, 0.25) is 0 Å². The summed E-state index contributed by atoms with van der Waals surface area (Å²) in [6.07, 6.45) is 4.51. The van der Waals surface area contributed by atoms with Gasteiger partial charge in [0.15, 0.2) is 0 Å². The van der Waals surface area contributed by atoms with Gasteiger partial charge in [-0.3, -0.25) is 4.79 Å². The van der Waals surface area contributed by atoms with Gasteiger partial charge in [0.1, 0.15) is 0 Å². The third kappa shape index (κ3) is 3.02. The van der Waals surface area contributed by atoms with Crippen molar-refractivity contribution >= 4 is 17.0 Å². The van der Waals surface area contributed by atoms with Crippen LogP contribution < -0.4 is 0 Å². The molecule has 25 heavy (non-hydrogen) atoms. The molecule has 1 fully saturated rings. The zero-order valence-electron chi connectivity index (χ0n) is 14.4. The molecule has 0 bridgehead atoms. The topological polar surface area (TPSA) is 59.2 Å². The van der Waals surface area contributed by atoms with Gasteiger partial charge < -0.3 is 9.42 Å². The van der Waals surface area contributed by atoms with Crippen molar-refractivity contribution in [2.45, 2.75) is 32.6 Å². The van der Waals surface area contributed by atoms with Crippen LogP contribution in [0.25, 0.3) is 22.4 Å². The number of benzene rings is 1. The molecule has 2 aromatic heterocycles. The van der Waals surface area contributed by atoms with Crippen LogP contribution in [0, 0.1) is 6.92 Å². The van der Waals surface area contributed by atoms with E-state index in [1.807, 2.05) is 48.2 Å². The second kappa shape index (κ2) is 6.67. The summed E-state index contributed by atoms with van der Waals surface area (Å²) in [5.74, 6) is 0.0535. The smallest absolute Gasteiger partial charge is 0.259 e. The summed E-state index contributed by atoms with van der Waals surface area (Å²) in [5.41, 5.74) is 3.48. The molecule has 128 valence electrons. The second-order valence-corrected chi connectivity index (χ2v) is 6.58. The number of amides is 1. The second-order valence-electron chi connectivity index (χ2n) is 6.58. The van der Waals surface area contributed by atoms with Crippen LogP contribution in [-0.2, 0) is 0 Å². The van der Waals surface area contributed by atoms with Crippen LogP contribution in [0.4, 0.5) is 0 Å². The first-order valence-corrected chi connectivity index (χ1v) is 8.86. The Labute approximate surface area is 146 Å². The molecule has 1 aromatic carbocycles. The fourth-order valence-electron chi connectivity index (χ4n) is 3.46. The molecule has 0 aliphatic carbocycles. The van der Waals surface area contributed by atoms with Gasteiger partial charge in [-0.15, -0.1) is 0 Å². The summed E-state index contributed by atoms with van der Waals surface area (Å²) in [6, 6.07) is 11.7. The maximum atomic E-state index is 13.2. The highest BCUT2D eigenvalue weighted by molar-refractivity contribution is 6.07. The van der Waals surface area contributed by atoms with E-state index < -0.39 is 0 Å². The van der Waals surface area contributed by atoms with Crippen molar-refractivity contribution in [3.05, 3.63) is 47.7 Å². The Hall–Kier alpha value is -2.69. The molecule has 5 nitrogen and oxygen atoms in total. The highest BCUT2D eigenvalue weighted by atomic mass is 16.5. The van der Waals surface area contributed by atoms with Crippen molar-refractivity contribution < 1.29 is 9.32 Å². The number of rotatable bonds is 2. The normalized spacial score (nSPS) is 15.3. The fourth-order valence-corrected chi connectivity index (χ4v) is 3.46. The standard InChI is InChI=1S/C20H21N3O2/c1-14-18-16(20(24)23-11-7-2-3-8-12-23)13-17(21-19(18)25-22-14)15-9-5-4-6-10-15/h4-6,9-10,13H,2-3,7-8,11-12H2,1H3. The number of nitrogens with zero attached hydrogens (tertiary/aromatic N) is 3. The number of carbonyl (C=O) groups is 1. The zero-order chi connectivity index (χ0) is 17.2. The molecule has 0 radical (unpaired) electrons. The molecule has 1 saturated heterocycles. The number of aryl methyl sites for hydroxylation is 1. The van der Waals surface area contributed by atoms with E-state index in [1.165, 1.54) is 12.8 Å². The predicted octanol–water partition coefficient (Wildman–Crippen LogP) is 4.21. The van der Waals surface area contributed by atoms with E-state index in [4.69, 9.17) is 4.52 Å². The van der Waals surface area contributed by atoms with Gasteiger partial charge in [-0.2, -0.15) is 0 Å². The van der Waals surface area contributed by atoms with Crippen LogP contribution in [-0.4, -0.2) is 34.0 Å². The molecule has 3 aromatic rings. The minimum absolute atomic E-state index is 0.0535. The molecule has 0 unspecified atom stereocenters. The van der Waals surface area contributed by atoms with Crippen molar-refractivity contribution in [1.29, 1.82) is 0 Å². The number of carbonyl (C=O) groups excluding carboxylic acids is 1. The van der Waals surface area contributed by atoms with E-state index in [0.717, 1.165) is 42.6 Å². The van der Waals surface area contributed by atoms with Gasteiger partial charge in [0.05, 0.1) is 22.3 Å². The third-order valence-corrected chi connectivity index (χ3v) is 4.81. The van der Waals surface area contributed by atoms with Crippen LogP contribution >= 0.6 is 0 Å². The molecule has 0 atom stereocenters. The summed E-state index contributed by atoms with van der Waals surface area (Å²) in [4.78, 5) is 19.8. The summed E-state index contributed by atoms with van der Waals surface area (Å²) in [7, 11) is 0. The molecule has 1 aliphatic rings. The van der Waals surface area contributed by atoms with Crippen LogP contribution in [0.3, 0.4) is 0 Å². The number of aromatic nitrogens is 2. The zero-order valence-corrected chi connectivity index (χ0v) is 14.4. The number of hydrogen-bond donors (Lipinski definition) is 0. The quantitative estimate of drug-likeness (QED) is 0.704. The molecular formula is C20H21N3O2. The van der Waals surface area contributed by atoms with Gasteiger partial charge >= 0.3 is 0 Å². The Morgan fingerprint density at radius 2 is 1.80 bits per heavy atom. The maximum Gasteiger partial charge on any atom is 0.259 e. The molecule has 0 saturated carbocycles. The Morgan fingerprint density at radius 3 is 2.52 bits per heavy atom. The Kier molecular flexibility index (Phi) is 4.22. The minimum Gasteiger partial charge on any atom is -0.339 e. The van der Waals surface area contributed by atoms with Gasteiger partial charge in [0, 0.05) is 18.7 Å². The summed E-state index contributed by atoms with van der Waals surface area (Å²) in [5, 5.41) is 4.76. The SMILES string of the molecule is Cc1noc2nc(-c3ccccc3)cc(C(=O)N3CCCCCC3)c12. The van der Waals surface area contributed by atoms with Gasteiger partial charge in [0.25, 0.3) is 11.6 Å². The Bertz CT molecular complexity index is 894. The fraction of sp³-hybridized carbons (Fsp3) is 0.350. The summed E-state index contributed by atoms with van der Waals surface area (Å²) in [6.45, 7) is 3.48. The van der Waals surface area contributed by atoms with Crippen molar-refractivity contribution in [2.75, 3.05) is 13.1 Å². The largest absolute Gasteiger partial charge is 0.339 e. The molecule has 3 heterocycles. The average Bonchev–Trinajstić information content (AvgIpc) is 2.87. The van der Waals surface area contributed by atoms with Gasteiger partial charge in [0.2, 0.25) is 0 Å². The first-order valence-electron chi connectivity index (χ1n) is 8.86. The molecule has 0 N–H and O–H groups in total. The lowest BCUT2D eigenvalue weighted by atomic mass is 10.0. The van der Waals surface area contributed by atoms with E-state index in [0.29, 0.717) is 17.0 Å². The van der Waals surface area contributed by atoms with Crippen molar-refractivity contribution in [2.24, 2.45) is 0 Å². The summed E-state index contributed by atoms with van der Waals surface area (Å²) < 4.78 is 5.38. The Morgan fingerprint density at radius 1 is 1.08 bits per heavy atom. The monoisotopic (exact) mass is 335 g/mol. The van der Waals surface area contributed by atoms with Crippen molar-refractivity contribution in [3.8, 4) is 11.3 Å². The number of likely N-dealkylation sites (tertiary alicyclic amines) is 1. The maximum absolute atomic E-state index is 13.2. The van der Waals surface area contributed by atoms with Crippen molar-refractivity contribution in [1.82, 2.24) is 15.0 Å². The molecule has 4 rings (SSSR count). The van der Waals surface area contributed by atoms with Crippen LogP contribution in [0.5, 0.6) is 0 Å². The van der Waals surface area contributed by atoms with E-state index in [-0.39, 0.29) is 5.91 Å². The molecule has 0 spiro atoms. The van der Waals surface area contributed by atoms with E-state index in [9.17, 15) is 4.79 Å². The molecule has 1 amide bonds. The first-order chi connectivity index (χ1) is 12.2. The summed E-state index contributed by atoms with van der Waals surface area (Å²) >= 11 is 0. The number of fused-ring (bicyclic) bond motifs is 1. The van der Waals surface area contributed by atoms with Crippen LogP contribution in [0.15, 0.2) is 40.9 Å². The third-order valence-electron chi connectivity index (χ3n) is 4.81. The Balaban J connectivity index is 1.83. The molecule has 5 heteroatoms. The number of pyridine rings is 1. The highest BCUT2D eigenvalue weighted by Crippen LogP contribution is 2.28. The highest BCUT2D eigenvalue weighted by Gasteiger charge is 2.24. The van der Waals surface area contributed by atoms with E-state index in [2.05, 4.69) is 10.1 Å². The van der Waals surface area contributed by atoms with Crippen LogP contribution in [0.1, 0.15) is 41.7 Å². The first kappa shape index (κ1) is 15.8.